The summed E-state index contributed by atoms with van der Waals surface area (Å²) in [6.45, 7) is 1.74. The van der Waals surface area contributed by atoms with E-state index >= 15 is 0 Å². The Balaban J connectivity index is 3.13. The maximum Gasteiger partial charge on any atom is 0.419 e. The molecule has 1 rings (SSSR count). The second-order valence-corrected chi connectivity index (χ2v) is 4.76. The minimum atomic E-state index is -4.82. The lowest BCUT2D eigenvalue weighted by Crippen LogP contribution is -2.36. The Morgan fingerprint density at radius 1 is 1.42 bits per heavy atom. The van der Waals surface area contributed by atoms with Crippen molar-refractivity contribution in [2.24, 2.45) is 0 Å². The highest BCUT2D eigenvalue weighted by molar-refractivity contribution is 9.09. The molecule has 1 unspecified atom stereocenters. The fourth-order valence-electron chi connectivity index (χ4n) is 1.38. The third-order valence-electron chi connectivity index (χ3n) is 2.72. The van der Waals surface area contributed by atoms with E-state index in [9.17, 15) is 22.4 Å². The standard InChI is InChI=1S/C12H12BrF4NO/c1-7(6-13)18(2)11(19)8-3-4-10(14)9(5-8)12(15,16)17/h3-5,7H,6H2,1-2H3. The molecule has 1 amide bonds. The zero-order valence-electron chi connectivity index (χ0n) is 10.3. The molecule has 0 aliphatic carbocycles. The van der Waals surface area contributed by atoms with Gasteiger partial charge in [0.25, 0.3) is 5.91 Å². The van der Waals surface area contributed by atoms with Crippen LogP contribution >= 0.6 is 15.9 Å². The van der Waals surface area contributed by atoms with Crippen LogP contribution in [-0.2, 0) is 6.18 Å². The first-order valence-electron chi connectivity index (χ1n) is 5.38. The van der Waals surface area contributed by atoms with Gasteiger partial charge < -0.3 is 4.90 Å². The van der Waals surface area contributed by atoms with Crippen LogP contribution in [0.5, 0.6) is 0 Å². The predicted molar refractivity (Wildman–Crippen MR) is 66.8 cm³/mol. The number of amides is 1. The van der Waals surface area contributed by atoms with E-state index in [0.29, 0.717) is 17.5 Å². The Hall–Kier alpha value is -1.11. The lowest BCUT2D eigenvalue weighted by molar-refractivity contribution is -0.140. The van der Waals surface area contributed by atoms with Crippen LogP contribution < -0.4 is 0 Å². The summed E-state index contributed by atoms with van der Waals surface area (Å²) in [6.07, 6.45) is -4.82. The van der Waals surface area contributed by atoms with Gasteiger partial charge in [-0.1, -0.05) is 15.9 Å². The van der Waals surface area contributed by atoms with E-state index in [1.807, 2.05) is 0 Å². The predicted octanol–water partition coefficient (Wildman–Crippen LogP) is 3.70. The van der Waals surface area contributed by atoms with E-state index in [1.165, 1.54) is 11.9 Å². The summed E-state index contributed by atoms with van der Waals surface area (Å²) < 4.78 is 50.7. The highest BCUT2D eigenvalue weighted by Gasteiger charge is 2.35. The Bertz CT molecular complexity index is 475. The van der Waals surface area contributed by atoms with Gasteiger partial charge in [0, 0.05) is 24.0 Å². The van der Waals surface area contributed by atoms with Crippen molar-refractivity contribution in [3.05, 3.63) is 35.1 Å². The molecule has 0 aliphatic rings. The van der Waals surface area contributed by atoms with Gasteiger partial charge >= 0.3 is 6.18 Å². The van der Waals surface area contributed by atoms with Crippen molar-refractivity contribution >= 4 is 21.8 Å². The number of alkyl halides is 4. The topological polar surface area (TPSA) is 20.3 Å². The number of carbonyl (C=O) groups is 1. The number of hydrogen-bond donors (Lipinski definition) is 0. The van der Waals surface area contributed by atoms with Crippen LogP contribution in [0.25, 0.3) is 0 Å². The molecule has 0 heterocycles. The Morgan fingerprint density at radius 2 is 2.00 bits per heavy atom. The van der Waals surface area contributed by atoms with Gasteiger partial charge in [0.1, 0.15) is 5.82 Å². The average molecular weight is 342 g/mol. The van der Waals surface area contributed by atoms with Gasteiger partial charge in [-0.05, 0) is 25.1 Å². The maximum absolute atomic E-state index is 13.1. The van der Waals surface area contributed by atoms with Crippen LogP contribution in [0.1, 0.15) is 22.8 Å². The van der Waals surface area contributed by atoms with E-state index < -0.39 is 23.5 Å². The molecule has 2 nitrogen and oxygen atoms in total. The van der Waals surface area contributed by atoms with Crippen LogP contribution in [0, 0.1) is 5.82 Å². The minimum absolute atomic E-state index is 0.188. The number of benzene rings is 1. The van der Waals surface area contributed by atoms with Crippen LogP contribution in [-0.4, -0.2) is 29.2 Å². The molecule has 1 aromatic rings. The van der Waals surface area contributed by atoms with Gasteiger partial charge in [0.15, 0.2) is 0 Å². The molecule has 106 valence electrons. The van der Waals surface area contributed by atoms with E-state index in [4.69, 9.17) is 0 Å². The van der Waals surface area contributed by atoms with E-state index in [1.54, 1.807) is 6.92 Å². The Labute approximate surface area is 116 Å². The second kappa shape index (κ2) is 5.90. The van der Waals surface area contributed by atoms with Crippen LogP contribution in [0.2, 0.25) is 0 Å². The van der Waals surface area contributed by atoms with Gasteiger partial charge in [-0.25, -0.2) is 4.39 Å². The first-order valence-corrected chi connectivity index (χ1v) is 6.50. The van der Waals surface area contributed by atoms with Crippen molar-refractivity contribution in [1.82, 2.24) is 4.90 Å². The number of hydrogen-bond acceptors (Lipinski definition) is 1. The van der Waals surface area contributed by atoms with E-state index in [0.717, 1.165) is 6.07 Å². The smallest absolute Gasteiger partial charge is 0.338 e. The number of carbonyl (C=O) groups excluding carboxylic acids is 1. The first-order chi connectivity index (χ1) is 8.68. The van der Waals surface area contributed by atoms with Crippen LogP contribution in [0.15, 0.2) is 18.2 Å². The molecule has 19 heavy (non-hydrogen) atoms. The summed E-state index contributed by atoms with van der Waals surface area (Å²) in [5.74, 6) is -1.97. The summed E-state index contributed by atoms with van der Waals surface area (Å²) >= 11 is 3.18. The van der Waals surface area contributed by atoms with E-state index in [-0.39, 0.29) is 11.6 Å². The molecule has 0 aromatic heterocycles. The van der Waals surface area contributed by atoms with Crippen molar-refractivity contribution in [3.8, 4) is 0 Å². The van der Waals surface area contributed by atoms with Gasteiger partial charge in [-0.3, -0.25) is 4.79 Å². The normalized spacial score (nSPS) is 13.2. The molecule has 0 aliphatic heterocycles. The summed E-state index contributed by atoms with van der Waals surface area (Å²) in [4.78, 5) is 13.2. The van der Waals surface area contributed by atoms with Crippen molar-refractivity contribution < 1.29 is 22.4 Å². The third-order valence-corrected chi connectivity index (χ3v) is 3.66. The van der Waals surface area contributed by atoms with E-state index in [2.05, 4.69) is 15.9 Å². The molecule has 7 heteroatoms. The quantitative estimate of drug-likeness (QED) is 0.606. The average Bonchev–Trinajstić information content (AvgIpc) is 2.35. The van der Waals surface area contributed by atoms with Gasteiger partial charge in [-0.15, -0.1) is 0 Å². The molecule has 0 N–H and O–H groups in total. The van der Waals surface area contributed by atoms with Gasteiger partial charge in [-0.2, -0.15) is 13.2 Å². The molecule has 0 saturated heterocycles. The molecular formula is C12H12BrF4NO. The third kappa shape index (κ3) is 3.68. The number of nitrogens with zero attached hydrogens (tertiary/aromatic N) is 1. The zero-order chi connectivity index (χ0) is 14.8. The van der Waals surface area contributed by atoms with Gasteiger partial charge in [0.2, 0.25) is 0 Å². The minimum Gasteiger partial charge on any atom is -0.338 e. The van der Waals surface area contributed by atoms with Crippen LogP contribution in [0.4, 0.5) is 17.6 Å². The van der Waals surface area contributed by atoms with Crippen molar-refractivity contribution in [2.45, 2.75) is 19.1 Å². The largest absolute Gasteiger partial charge is 0.419 e. The summed E-state index contributed by atoms with van der Waals surface area (Å²) in [7, 11) is 1.48. The fourth-order valence-corrected chi connectivity index (χ4v) is 1.82. The van der Waals surface area contributed by atoms with Crippen molar-refractivity contribution in [2.75, 3.05) is 12.4 Å². The lowest BCUT2D eigenvalue weighted by atomic mass is 10.1. The number of halogens is 5. The maximum atomic E-state index is 13.1. The Kier molecular flexibility index (Phi) is 4.95. The lowest BCUT2D eigenvalue weighted by Gasteiger charge is -2.23. The van der Waals surface area contributed by atoms with Crippen molar-refractivity contribution in [1.29, 1.82) is 0 Å². The molecule has 0 saturated carbocycles. The first kappa shape index (κ1) is 15.9. The zero-order valence-corrected chi connectivity index (χ0v) is 11.8. The van der Waals surface area contributed by atoms with Gasteiger partial charge in [0.05, 0.1) is 5.56 Å². The highest BCUT2D eigenvalue weighted by Crippen LogP contribution is 2.32. The van der Waals surface area contributed by atoms with Crippen molar-refractivity contribution in [3.63, 3.8) is 0 Å². The molecule has 0 bridgehead atoms. The SMILES string of the molecule is CC(CBr)N(C)C(=O)c1ccc(F)c(C(F)(F)F)c1. The monoisotopic (exact) mass is 341 g/mol. The fraction of sp³-hybridized carbons (Fsp3) is 0.417. The summed E-state index contributed by atoms with van der Waals surface area (Å²) in [6, 6.07) is 2.05. The molecule has 0 fully saturated rings. The molecule has 1 atom stereocenters. The molecule has 1 aromatic carbocycles. The second-order valence-electron chi connectivity index (χ2n) is 4.11. The molecule has 0 spiro atoms. The van der Waals surface area contributed by atoms with Crippen LogP contribution in [0.3, 0.4) is 0 Å². The summed E-state index contributed by atoms with van der Waals surface area (Å²) in [5.41, 5.74) is -1.62. The molecular weight excluding hydrogens is 330 g/mol. The number of rotatable bonds is 3. The highest BCUT2D eigenvalue weighted by atomic mass is 79.9. The summed E-state index contributed by atoms with van der Waals surface area (Å²) in [5, 5.41) is 0.489. The molecule has 0 radical (unpaired) electrons. The Morgan fingerprint density at radius 3 is 2.47 bits per heavy atom.